The van der Waals surface area contributed by atoms with Crippen LogP contribution in [-0.4, -0.2) is 47.3 Å². The number of aromatic nitrogens is 3. The molecular formula is C14H19N5O. The van der Waals surface area contributed by atoms with Crippen LogP contribution in [0.4, 0.5) is 5.82 Å². The third-order valence-corrected chi connectivity index (χ3v) is 3.38. The van der Waals surface area contributed by atoms with Gasteiger partial charge in [-0.25, -0.2) is 15.0 Å². The number of nitrogens with one attached hydrogen (secondary N) is 2. The molecule has 106 valence electrons. The highest BCUT2D eigenvalue weighted by molar-refractivity contribution is 5.84. The van der Waals surface area contributed by atoms with Crippen molar-refractivity contribution in [1.82, 2.24) is 20.3 Å². The van der Waals surface area contributed by atoms with Crippen molar-refractivity contribution < 1.29 is 4.74 Å². The summed E-state index contributed by atoms with van der Waals surface area (Å²) < 4.78 is 5.67. The van der Waals surface area contributed by atoms with Gasteiger partial charge in [0.05, 0.1) is 18.2 Å². The van der Waals surface area contributed by atoms with Crippen LogP contribution < -0.4 is 10.6 Å². The lowest BCUT2D eigenvalue weighted by Crippen LogP contribution is -2.39. The van der Waals surface area contributed by atoms with Gasteiger partial charge in [0.1, 0.15) is 11.8 Å². The van der Waals surface area contributed by atoms with Crippen LogP contribution in [0.5, 0.6) is 0 Å². The third kappa shape index (κ3) is 3.02. The third-order valence-electron chi connectivity index (χ3n) is 3.38. The Bertz CT molecular complexity index is 583. The van der Waals surface area contributed by atoms with Crippen molar-refractivity contribution in [2.24, 2.45) is 0 Å². The maximum atomic E-state index is 5.67. The van der Waals surface area contributed by atoms with Crippen LogP contribution in [0.15, 0.2) is 18.5 Å². The van der Waals surface area contributed by atoms with Crippen LogP contribution in [0.25, 0.3) is 11.0 Å². The number of anilines is 1. The molecule has 20 heavy (non-hydrogen) atoms. The van der Waals surface area contributed by atoms with E-state index >= 15 is 0 Å². The van der Waals surface area contributed by atoms with Crippen molar-refractivity contribution in [3.05, 3.63) is 24.2 Å². The van der Waals surface area contributed by atoms with E-state index in [0.717, 1.165) is 55.2 Å². The Hall–Kier alpha value is -1.79. The number of fused-ring (bicyclic) bond motifs is 1. The summed E-state index contributed by atoms with van der Waals surface area (Å²) in [6.45, 7) is 5.45. The van der Waals surface area contributed by atoms with Gasteiger partial charge in [-0.2, -0.15) is 0 Å². The quantitative estimate of drug-likeness (QED) is 0.870. The van der Waals surface area contributed by atoms with E-state index in [1.807, 2.05) is 19.1 Å². The number of morpholine rings is 1. The highest BCUT2D eigenvalue weighted by atomic mass is 16.5. The van der Waals surface area contributed by atoms with Gasteiger partial charge in [-0.1, -0.05) is 0 Å². The van der Waals surface area contributed by atoms with Gasteiger partial charge in [-0.05, 0) is 25.5 Å². The predicted octanol–water partition coefficient (Wildman–Crippen LogP) is 1.12. The Morgan fingerprint density at radius 1 is 1.40 bits per heavy atom. The van der Waals surface area contributed by atoms with Gasteiger partial charge in [0.25, 0.3) is 0 Å². The van der Waals surface area contributed by atoms with Gasteiger partial charge in [0.2, 0.25) is 0 Å². The fraction of sp³-hybridized carbons (Fsp3) is 0.500. The summed E-state index contributed by atoms with van der Waals surface area (Å²) >= 11 is 0. The Labute approximate surface area is 118 Å². The highest BCUT2D eigenvalue weighted by Gasteiger charge is 2.13. The molecule has 1 saturated heterocycles. The largest absolute Gasteiger partial charge is 0.376 e. The fourth-order valence-electron chi connectivity index (χ4n) is 2.32. The van der Waals surface area contributed by atoms with E-state index in [4.69, 9.17) is 4.74 Å². The molecule has 2 aromatic heterocycles. The molecule has 0 amide bonds. The molecule has 1 fully saturated rings. The summed E-state index contributed by atoms with van der Waals surface area (Å²) in [6, 6.07) is 3.93. The van der Waals surface area contributed by atoms with Crippen molar-refractivity contribution >= 4 is 16.9 Å². The normalized spacial score (nSPS) is 19.1. The summed E-state index contributed by atoms with van der Waals surface area (Å²) in [5, 5.41) is 6.67. The Morgan fingerprint density at radius 3 is 3.20 bits per heavy atom. The second-order valence-electron chi connectivity index (χ2n) is 4.96. The van der Waals surface area contributed by atoms with E-state index < -0.39 is 0 Å². The van der Waals surface area contributed by atoms with Crippen molar-refractivity contribution in [2.45, 2.75) is 19.4 Å². The van der Waals surface area contributed by atoms with Crippen LogP contribution in [0, 0.1) is 6.92 Å². The summed E-state index contributed by atoms with van der Waals surface area (Å²) in [4.78, 5) is 13.0. The van der Waals surface area contributed by atoms with E-state index in [-0.39, 0.29) is 6.10 Å². The molecule has 0 spiro atoms. The molecule has 6 nitrogen and oxygen atoms in total. The van der Waals surface area contributed by atoms with Crippen molar-refractivity contribution in [3.63, 3.8) is 0 Å². The molecule has 3 rings (SSSR count). The fourth-order valence-corrected chi connectivity index (χ4v) is 2.32. The summed E-state index contributed by atoms with van der Waals surface area (Å²) in [6.07, 6.45) is 2.80. The molecule has 0 aliphatic carbocycles. The van der Waals surface area contributed by atoms with Gasteiger partial charge < -0.3 is 15.4 Å². The number of ether oxygens (including phenoxy) is 1. The number of rotatable bonds is 4. The van der Waals surface area contributed by atoms with Crippen LogP contribution >= 0.6 is 0 Å². The van der Waals surface area contributed by atoms with Crippen molar-refractivity contribution in [1.29, 1.82) is 0 Å². The standard InChI is InChI=1S/C14H19N5O/c1-10-2-3-12-13(19-10)14(18-9-17-12)16-5-4-11-8-15-6-7-20-11/h2-3,9,11,15H,4-8H2,1H3,(H,16,17,18). The molecule has 0 radical (unpaired) electrons. The average molecular weight is 273 g/mol. The molecule has 1 unspecified atom stereocenters. The molecule has 0 aromatic carbocycles. The second kappa shape index (κ2) is 6.11. The Kier molecular flexibility index (Phi) is 4.03. The summed E-state index contributed by atoms with van der Waals surface area (Å²) in [5.41, 5.74) is 2.66. The molecule has 2 aromatic rings. The zero-order valence-electron chi connectivity index (χ0n) is 11.6. The molecule has 0 bridgehead atoms. The first-order valence-corrected chi connectivity index (χ1v) is 6.97. The van der Waals surface area contributed by atoms with Crippen molar-refractivity contribution in [2.75, 3.05) is 31.6 Å². The minimum absolute atomic E-state index is 0.277. The average Bonchev–Trinajstić information content (AvgIpc) is 2.49. The van der Waals surface area contributed by atoms with E-state index in [0.29, 0.717) is 0 Å². The Morgan fingerprint density at radius 2 is 2.35 bits per heavy atom. The first kappa shape index (κ1) is 13.2. The Balaban J connectivity index is 1.66. The zero-order chi connectivity index (χ0) is 13.8. The van der Waals surface area contributed by atoms with Gasteiger partial charge >= 0.3 is 0 Å². The van der Waals surface area contributed by atoms with E-state index in [2.05, 4.69) is 25.6 Å². The summed E-state index contributed by atoms with van der Waals surface area (Å²) in [7, 11) is 0. The second-order valence-corrected chi connectivity index (χ2v) is 4.96. The lowest BCUT2D eigenvalue weighted by molar-refractivity contribution is 0.0258. The molecule has 1 aliphatic rings. The number of nitrogens with zero attached hydrogens (tertiary/aromatic N) is 3. The van der Waals surface area contributed by atoms with E-state index in [9.17, 15) is 0 Å². The molecular weight excluding hydrogens is 254 g/mol. The monoisotopic (exact) mass is 273 g/mol. The van der Waals surface area contributed by atoms with E-state index in [1.54, 1.807) is 6.33 Å². The highest BCUT2D eigenvalue weighted by Crippen LogP contribution is 2.17. The van der Waals surface area contributed by atoms with E-state index in [1.165, 1.54) is 0 Å². The van der Waals surface area contributed by atoms with Gasteiger partial charge in [0, 0.05) is 25.3 Å². The number of pyridine rings is 1. The maximum absolute atomic E-state index is 5.67. The van der Waals surface area contributed by atoms with Crippen LogP contribution in [-0.2, 0) is 4.74 Å². The lowest BCUT2D eigenvalue weighted by atomic mass is 10.2. The zero-order valence-corrected chi connectivity index (χ0v) is 11.6. The van der Waals surface area contributed by atoms with Crippen LogP contribution in [0.3, 0.4) is 0 Å². The van der Waals surface area contributed by atoms with Gasteiger partial charge in [-0.15, -0.1) is 0 Å². The molecule has 3 heterocycles. The predicted molar refractivity (Wildman–Crippen MR) is 77.8 cm³/mol. The van der Waals surface area contributed by atoms with Crippen molar-refractivity contribution in [3.8, 4) is 0 Å². The maximum Gasteiger partial charge on any atom is 0.156 e. The van der Waals surface area contributed by atoms with Gasteiger partial charge in [0.15, 0.2) is 5.82 Å². The topological polar surface area (TPSA) is 72.0 Å². The smallest absolute Gasteiger partial charge is 0.156 e. The van der Waals surface area contributed by atoms with Crippen LogP contribution in [0.1, 0.15) is 12.1 Å². The molecule has 2 N–H and O–H groups in total. The molecule has 6 heteroatoms. The number of aryl methyl sites for hydroxylation is 1. The number of hydrogen-bond donors (Lipinski definition) is 2. The molecule has 0 saturated carbocycles. The summed E-state index contributed by atoms with van der Waals surface area (Å²) in [5.74, 6) is 0.794. The number of hydrogen-bond acceptors (Lipinski definition) is 6. The van der Waals surface area contributed by atoms with Gasteiger partial charge in [-0.3, -0.25) is 0 Å². The first-order valence-electron chi connectivity index (χ1n) is 6.97. The lowest BCUT2D eigenvalue weighted by Gasteiger charge is -2.23. The minimum atomic E-state index is 0.277. The minimum Gasteiger partial charge on any atom is -0.376 e. The first-order chi connectivity index (χ1) is 9.83. The molecule has 1 atom stereocenters. The van der Waals surface area contributed by atoms with Crippen LogP contribution in [0.2, 0.25) is 0 Å². The molecule has 1 aliphatic heterocycles. The SMILES string of the molecule is Cc1ccc2ncnc(NCCC3CNCCO3)c2n1.